The molecule has 0 radical (unpaired) electrons. The first-order valence-corrected chi connectivity index (χ1v) is 5.52. The second kappa shape index (κ2) is 4.00. The van der Waals surface area contributed by atoms with Gasteiger partial charge in [-0.25, -0.2) is 0 Å². The average molecular weight is 301 g/mol. The minimum Gasteiger partial charge on any atom is -0.0966 e. The van der Waals surface area contributed by atoms with Crippen molar-refractivity contribution in [1.29, 1.82) is 0 Å². The maximum absolute atomic E-state index is 5.86. The van der Waals surface area contributed by atoms with E-state index >= 15 is 0 Å². The van der Waals surface area contributed by atoms with Gasteiger partial charge in [-0.1, -0.05) is 75.7 Å². The Hall–Kier alpha value is 1.22. The Morgan fingerprint density at radius 1 is 1.23 bits per heavy atom. The Morgan fingerprint density at radius 3 is 2.15 bits per heavy atom. The normalized spacial score (nSPS) is 22.3. The van der Waals surface area contributed by atoms with Gasteiger partial charge < -0.3 is 0 Å². The van der Waals surface area contributed by atoms with Crippen molar-refractivity contribution >= 4 is 69.6 Å². The quantitative estimate of drug-likeness (QED) is 0.553. The summed E-state index contributed by atoms with van der Waals surface area (Å²) >= 11 is 34.4. The fourth-order valence-corrected chi connectivity index (χ4v) is 2.53. The zero-order valence-corrected chi connectivity index (χ0v) is 10.7. The monoisotopic (exact) mass is 298 g/mol. The molecule has 6 heteroatoms. The Balaban J connectivity index is 2.99. The molecule has 0 amide bonds. The summed E-state index contributed by atoms with van der Waals surface area (Å²) in [6.07, 6.45) is 3.31. The van der Waals surface area contributed by atoms with E-state index < -0.39 is 8.13 Å². The van der Waals surface area contributed by atoms with Crippen molar-refractivity contribution in [1.82, 2.24) is 0 Å². The van der Waals surface area contributed by atoms with Gasteiger partial charge in [0.15, 0.2) is 0 Å². The molecule has 74 valence electrons. The molecule has 0 atom stereocenters. The van der Waals surface area contributed by atoms with Crippen LogP contribution in [0.25, 0.3) is 0 Å². The van der Waals surface area contributed by atoms with E-state index in [0.29, 0.717) is 10.6 Å². The predicted octanol–water partition coefficient (Wildman–Crippen LogP) is 4.98. The molecule has 13 heavy (non-hydrogen) atoms. The van der Waals surface area contributed by atoms with Crippen molar-refractivity contribution < 1.29 is 0 Å². The van der Waals surface area contributed by atoms with Gasteiger partial charge in [0.2, 0.25) is 3.79 Å². The summed E-state index contributed by atoms with van der Waals surface area (Å²) in [5, 5.41) is 0.368. The van der Waals surface area contributed by atoms with E-state index in [1.54, 1.807) is 6.08 Å². The predicted molar refractivity (Wildman–Crippen MR) is 61.4 cm³/mol. The van der Waals surface area contributed by atoms with Gasteiger partial charge in [-0.2, -0.15) is 0 Å². The van der Waals surface area contributed by atoms with Crippen molar-refractivity contribution in [2.75, 3.05) is 0 Å². The van der Waals surface area contributed by atoms with Crippen molar-refractivity contribution in [3.8, 4) is 0 Å². The van der Waals surface area contributed by atoms with Gasteiger partial charge >= 0.3 is 0 Å². The van der Waals surface area contributed by atoms with Gasteiger partial charge in [-0.3, -0.25) is 0 Å². The number of rotatable bonds is 0. The van der Waals surface area contributed by atoms with Gasteiger partial charge in [0.05, 0.1) is 0 Å². The molecule has 1 aliphatic rings. The lowest BCUT2D eigenvalue weighted by Crippen LogP contribution is -2.18. The molecule has 0 bridgehead atoms. The Labute approximate surface area is 106 Å². The molecule has 0 saturated heterocycles. The van der Waals surface area contributed by atoms with Crippen LogP contribution in [0, 0.1) is 0 Å². The summed E-state index contributed by atoms with van der Waals surface area (Å²) in [5.74, 6) is 0. The summed E-state index contributed by atoms with van der Waals surface area (Å²) in [5.41, 5.74) is 0.413. The summed E-state index contributed by atoms with van der Waals surface area (Å²) < 4.78 is -2.53. The lowest BCUT2D eigenvalue weighted by molar-refractivity contribution is 0.922. The van der Waals surface area contributed by atoms with Crippen LogP contribution in [0.5, 0.6) is 0 Å². The first kappa shape index (κ1) is 12.3. The van der Waals surface area contributed by atoms with Crippen LogP contribution in [0.3, 0.4) is 0 Å². The zero-order valence-electron chi connectivity index (χ0n) is 6.13. The number of hydrogen-bond acceptors (Lipinski definition) is 0. The molecule has 0 fully saturated rings. The van der Waals surface area contributed by atoms with Crippen molar-refractivity contribution in [3.05, 3.63) is 22.8 Å². The highest BCUT2D eigenvalue weighted by atomic mass is 35.6. The van der Waals surface area contributed by atoms with Gasteiger partial charge in [0.25, 0.3) is 0 Å². The van der Waals surface area contributed by atoms with E-state index in [9.17, 15) is 0 Å². The van der Waals surface area contributed by atoms with Gasteiger partial charge in [0.1, 0.15) is 4.33 Å². The van der Waals surface area contributed by atoms with E-state index in [1.807, 2.05) is 0 Å². The maximum atomic E-state index is 5.86. The smallest absolute Gasteiger partial charge is 0.0966 e. The summed E-state index contributed by atoms with van der Waals surface area (Å²) in [4.78, 5) is 0. The minimum atomic E-state index is -1.53. The largest absolute Gasteiger partial charge is 0.217 e. The fourth-order valence-electron chi connectivity index (χ4n) is 0.905. The standard InChI is InChI=1S/C7H4Cl6/c8-5-3-6(9,10)2-1-4(5)7(11,12)13/h1-2H,3H2. The van der Waals surface area contributed by atoms with Crippen LogP contribution >= 0.6 is 69.6 Å². The number of halogens is 6. The molecular weight excluding hydrogens is 297 g/mol. The summed E-state index contributed by atoms with van der Waals surface area (Å²) in [7, 11) is 0. The van der Waals surface area contributed by atoms with E-state index in [0.717, 1.165) is 0 Å². The molecule has 0 aromatic carbocycles. The highest BCUT2D eigenvalue weighted by Crippen LogP contribution is 2.45. The van der Waals surface area contributed by atoms with Crippen LogP contribution in [-0.4, -0.2) is 8.13 Å². The molecule has 0 unspecified atom stereocenters. The molecule has 1 rings (SSSR count). The maximum Gasteiger partial charge on any atom is 0.217 e. The Kier molecular flexibility index (Phi) is 3.78. The molecular formula is C7H4Cl6. The van der Waals surface area contributed by atoms with Gasteiger partial charge in [0, 0.05) is 17.0 Å². The van der Waals surface area contributed by atoms with E-state index in [1.165, 1.54) is 6.08 Å². The van der Waals surface area contributed by atoms with E-state index in [2.05, 4.69) is 0 Å². The fraction of sp³-hybridized carbons (Fsp3) is 0.429. The van der Waals surface area contributed by atoms with Crippen LogP contribution in [0.1, 0.15) is 6.42 Å². The molecule has 0 aromatic heterocycles. The average Bonchev–Trinajstić information content (AvgIpc) is 1.80. The minimum absolute atomic E-state index is 0.247. The molecule has 0 aromatic rings. The third-order valence-electron chi connectivity index (χ3n) is 1.48. The molecule has 0 spiro atoms. The zero-order chi connectivity index (χ0) is 10.3. The first-order valence-electron chi connectivity index (χ1n) is 3.25. The Morgan fingerprint density at radius 2 is 1.77 bits per heavy atom. The molecule has 0 saturated carbocycles. The molecule has 0 nitrogen and oxygen atoms in total. The Bertz CT molecular complexity index is 269. The molecule has 1 aliphatic carbocycles. The van der Waals surface area contributed by atoms with Gasteiger partial charge in [-0.15, -0.1) is 0 Å². The van der Waals surface area contributed by atoms with Crippen LogP contribution in [0.15, 0.2) is 22.8 Å². The third kappa shape index (κ3) is 3.37. The van der Waals surface area contributed by atoms with Crippen LogP contribution in [0.2, 0.25) is 0 Å². The lowest BCUT2D eigenvalue weighted by atomic mass is 10.1. The topological polar surface area (TPSA) is 0 Å². The molecule has 0 N–H and O–H groups in total. The number of hydrogen-bond donors (Lipinski definition) is 0. The highest BCUT2D eigenvalue weighted by molar-refractivity contribution is 6.70. The lowest BCUT2D eigenvalue weighted by Gasteiger charge is -2.24. The van der Waals surface area contributed by atoms with Crippen molar-refractivity contribution in [2.45, 2.75) is 14.5 Å². The van der Waals surface area contributed by atoms with Gasteiger partial charge in [-0.05, 0) is 6.08 Å². The second-order valence-corrected chi connectivity index (χ2v) is 6.87. The second-order valence-electron chi connectivity index (χ2n) is 2.59. The molecule has 0 aliphatic heterocycles. The third-order valence-corrected chi connectivity index (χ3v) is 2.95. The molecule has 0 heterocycles. The van der Waals surface area contributed by atoms with Crippen LogP contribution in [-0.2, 0) is 0 Å². The van der Waals surface area contributed by atoms with E-state index in [-0.39, 0.29) is 6.42 Å². The number of alkyl halides is 5. The van der Waals surface area contributed by atoms with Crippen LogP contribution < -0.4 is 0 Å². The van der Waals surface area contributed by atoms with Crippen molar-refractivity contribution in [2.24, 2.45) is 0 Å². The van der Waals surface area contributed by atoms with E-state index in [4.69, 9.17) is 69.6 Å². The van der Waals surface area contributed by atoms with Crippen molar-refractivity contribution in [3.63, 3.8) is 0 Å². The summed E-state index contributed by atoms with van der Waals surface area (Å²) in [6, 6.07) is 0. The summed E-state index contributed by atoms with van der Waals surface area (Å²) in [6.45, 7) is 0. The number of allylic oxidation sites excluding steroid dienone is 4. The van der Waals surface area contributed by atoms with Crippen LogP contribution in [0.4, 0.5) is 0 Å². The highest BCUT2D eigenvalue weighted by Gasteiger charge is 2.34. The first-order chi connectivity index (χ1) is 5.72. The SMILES string of the molecule is ClC1=C(C(Cl)(Cl)Cl)C=CC(Cl)(Cl)C1.